The Morgan fingerprint density at radius 1 is 1.16 bits per heavy atom. The number of H-pyrrole nitrogens is 1. The standard InChI is InChI=1S/C19H16N4O2/c20-12-13-8-10-14(11-9-13)21-18(24)7-3-6-17-22-16-5-2-1-4-15(16)19(25)23-17/h1-2,4-5,8-11H,3,6-7H2,(H,21,24)(H,22,23,25). The number of nitriles is 1. The highest BCUT2D eigenvalue weighted by atomic mass is 16.1. The highest BCUT2D eigenvalue weighted by Gasteiger charge is 2.06. The number of aromatic nitrogens is 2. The minimum Gasteiger partial charge on any atom is -0.326 e. The van der Waals surface area contributed by atoms with E-state index in [4.69, 9.17) is 5.26 Å². The molecule has 2 aromatic carbocycles. The van der Waals surface area contributed by atoms with Crippen LogP contribution in [0.1, 0.15) is 24.2 Å². The van der Waals surface area contributed by atoms with Gasteiger partial charge in [0.25, 0.3) is 5.56 Å². The minimum atomic E-state index is -0.164. The van der Waals surface area contributed by atoms with E-state index in [1.807, 2.05) is 12.1 Å². The Hall–Kier alpha value is -3.46. The van der Waals surface area contributed by atoms with Crippen molar-refractivity contribution < 1.29 is 4.79 Å². The third-order valence-corrected chi connectivity index (χ3v) is 3.78. The van der Waals surface area contributed by atoms with Crippen LogP contribution in [-0.4, -0.2) is 15.9 Å². The Bertz CT molecular complexity index is 1000. The summed E-state index contributed by atoms with van der Waals surface area (Å²) in [6.45, 7) is 0. The highest BCUT2D eigenvalue weighted by Crippen LogP contribution is 2.11. The first kappa shape index (κ1) is 16.4. The maximum Gasteiger partial charge on any atom is 0.258 e. The summed E-state index contributed by atoms with van der Waals surface area (Å²) in [5.74, 6) is 0.461. The van der Waals surface area contributed by atoms with E-state index in [9.17, 15) is 9.59 Å². The zero-order valence-electron chi connectivity index (χ0n) is 13.5. The maximum atomic E-state index is 12.0. The fourth-order valence-corrected chi connectivity index (χ4v) is 2.52. The molecule has 3 aromatic rings. The number of aryl methyl sites for hydroxylation is 1. The number of aromatic amines is 1. The van der Waals surface area contributed by atoms with Crippen LogP contribution in [0.5, 0.6) is 0 Å². The largest absolute Gasteiger partial charge is 0.326 e. The number of carbonyl (C=O) groups is 1. The van der Waals surface area contributed by atoms with Crippen molar-refractivity contribution in [1.29, 1.82) is 5.26 Å². The lowest BCUT2D eigenvalue weighted by Gasteiger charge is -2.06. The summed E-state index contributed by atoms with van der Waals surface area (Å²) in [6.07, 6.45) is 1.40. The number of amides is 1. The quantitative estimate of drug-likeness (QED) is 0.750. The van der Waals surface area contributed by atoms with Crippen LogP contribution in [0.25, 0.3) is 10.9 Å². The molecular weight excluding hydrogens is 316 g/mol. The lowest BCUT2D eigenvalue weighted by atomic mass is 10.2. The van der Waals surface area contributed by atoms with E-state index >= 15 is 0 Å². The Kier molecular flexibility index (Phi) is 4.86. The first-order chi connectivity index (χ1) is 12.2. The number of para-hydroxylation sites is 1. The molecule has 2 N–H and O–H groups in total. The van der Waals surface area contributed by atoms with Gasteiger partial charge >= 0.3 is 0 Å². The fourth-order valence-electron chi connectivity index (χ4n) is 2.52. The molecule has 0 unspecified atom stereocenters. The molecule has 0 aliphatic heterocycles. The lowest BCUT2D eigenvalue weighted by molar-refractivity contribution is -0.116. The number of carbonyl (C=O) groups excluding carboxylic acids is 1. The molecule has 0 aliphatic rings. The average molecular weight is 332 g/mol. The van der Waals surface area contributed by atoms with E-state index in [0.717, 1.165) is 0 Å². The van der Waals surface area contributed by atoms with E-state index in [1.54, 1.807) is 42.5 Å². The zero-order valence-corrected chi connectivity index (χ0v) is 13.5. The predicted octanol–water partition coefficient (Wildman–Crippen LogP) is 2.76. The van der Waals surface area contributed by atoms with Gasteiger partial charge in [-0.15, -0.1) is 0 Å². The van der Waals surface area contributed by atoms with Crippen molar-refractivity contribution in [2.75, 3.05) is 5.32 Å². The van der Waals surface area contributed by atoms with Gasteiger partial charge in [0.2, 0.25) is 5.91 Å². The summed E-state index contributed by atoms with van der Waals surface area (Å²) in [6, 6.07) is 15.9. The first-order valence-corrected chi connectivity index (χ1v) is 7.93. The molecule has 6 nitrogen and oxygen atoms in total. The summed E-state index contributed by atoms with van der Waals surface area (Å²) in [5, 5.41) is 12.1. The molecule has 25 heavy (non-hydrogen) atoms. The summed E-state index contributed by atoms with van der Waals surface area (Å²) in [7, 11) is 0. The van der Waals surface area contributed by atoms with Crippen molar-refractivity contribution in [1.82, 2.24) is 9.97 Å². The van der Waals surface area contributed by atoms with Gasteiger partial charge in [-0.1, -0.05) is 12.1 Å². The molecule has 1 amide bonds. The van der Waals surface area contributed by atoms with Crippen LogP contribution in [0.2, 0.25) is 0 Å². The second-order valence-electron chi connectivity index (χ2n) is 5.62. The number of nitrogens with one attached hydrogen (secondary N) is 2. The Morgan fingerprint density at radius 3 is 2.68 bits per heavy atom. The molecule has 1 aromatic heterocycles. The van der Waals surface area contributed by atoms with Gasteiger partial charge in [-0.3, -0.25) is 9.59 Å². The molecule has 0 radical (unpaired) electrons. The van der Waals surface area contributed by atoms with E-state index in [-0.39, 0.29) is 11.5 Å². The van der Waals surface area contributed by atoms with Crippen LogP contribution < -0.4 is 10.9 Å². The van der Waals surface area contributed by atoms with Crippen molar-refractivity contribution in [2.45, 2.75) is 19.3 Å². The van der Waals surface area contributed by atoms with Gasteiger partial charge in [0.1, 0.15) is 5.82 Å². The molecule has 1 heterocycles. The van der Waals surface area contributed by atoms with Gasteiger partial charge in [0, 0.05) is 18.5 Å². The van der Waals surface area contributed by atoms with Crippen molar-refractivity contribution >= 4 is 22.5 Å². The highest BCUT2D eigenvalue weighted by molar-refractivity contribution is 5.90. The van der Waals surface area contributed by atoms with Crippen LogP contribution >= 0.6 is 0 Å². The van der Waals surface area contributed by atoms with E-state index in [2.05, 4.69) is 15.3 Å². The normalized spacial score (nSPS) is 10.4. The van der Waals surface area contributed by atoms with Crippen molar-refractivity contribution in [3.63, 3.8) is 0 Å². The second kappa shape index (κ2) is 7.41. The van der Waals surface area contributed by atoms with Crippen LogP contribution in [0, 0.1) is 11.3 Å². The number of nitrogens with zero attached hydrogens (tertiary/aromatic N) is 2. The van der Waals surface area contributed by atoms with Crippen LogP contribution in [-0.2, 0) is 11.2 Å². The summed E-state index contributed by atoms with van der Waals surface area (Å²) < 4.78 is 0. The molecule has 0 saturated heterocycles. The monoisotopic (exact) mass is 332 g/mol. The first-order valence-electron chi connectivity index (χ1n) is 7.93. The Morgan fingerprint density at radius 2 is 1.92 bits per heavy atom. The maximum absolute atomic E-state index is 12.0. The number of rotatable bonds is 5. The van der Waals surface area contributed by atoms with E-state index in [0.29, 0.717) is 47.2 Å². The van der Waals surface area contributed by atoms with Crippen molar-refractivity contribution in [2.24, 2.45) is 0 Å². The van der Waals surface area contributed by atoms with Crippen molar-refractivity contribution in [3.8, 4) is 6.07 Å². The smallest absolute Gasteiger partial charge is 0.258 e. The molecule has 0 saturated carbocycles. The average Bonchev–Trinajstić information content (AvgIpc) is 2.62. The summed E-state index contributed by atoms with van der Waals surface area (Å²) >= 11 is 0. The van der Waals surface area contributed by atoms with E-state index in [1.165, 1.54) is 0 Å². The number of hydrogen-bond donors (Lipinski definition) is 2. The molecular formula is C19H16N4O2. The molecule has 6 heteroatoms. The number of anilines is 1. The fraction of sp³-hybridized carbons (Fsp3) is 0.158. The molecule has 0 atom stereocenters. The van der Waals surface area contributed by atoms with Gasteiger partial charge in [0.15, 0.2) is 0 Å². The lowest BCUT2D eigenvalue weighted by Crippen LogP contribution is -2.14. The van der Waals surface area contributed by atoms with Gasteiger partial charge in [-0.2, -0.15) is 5.26 Å². The Balaban J connectivity index is 1.56. The predicted molar refractivity (Wildman–Crippen MR) is 95.1 cm³/mol. The summed E-state index contributed by atoms with van der Waals surface area (Å²) in [4.78, 5) is 31.1. The SMILES string of the molecule is N#Cc1ccc(NC(=O)CCCc2nc3ccccc3c(=O)[nH]2)cc1. The van der Waals surface area contributed by atoms with Crippen LogP contribution in [0.4, 0.5) is 5.69 Å². The third kappa shape index (κ3) is 4.09. The van der Waals surface area contributed by atoms with Gasteiger partial charge in [-0.25, -0.2) is 4.98 Å². The van der Waals surface area contributed by atoms with Crippen LogP contribution in [0.15, 0.2) is 53.3 Å². The van der Waals surface area contributed by atoms with Gasteiger partial charge < -0.3 is 10.3 Å². The van der Waals surface area contributed by atoms with Crippen molar-refractivity contribution in [3.05, 3.63) is 70.3 Å². The topological polar surface area (TPSA) is 98.6 Å². The zero-order chi connectivity index (χ0) is 17.6. The number of benzene rings is 2. The molecule has 0 fully saturated rings. The van der Waals surface area contributed by atoms with Crippen LogP contribution in [0.3, 0.4) is 0 Å². The molecule has 0 aliphatic carbocycles. The number of fused-ring (bicyclic) bond motifs is 1. The second-order valence-corrected chi connectivity index (χ2v) is 5.62. The molecule has 0 bridgehead atoms. The molecule has 124 valence electrons. The number of hydrogen-bond acceptors (Lipinski definition) is 4. The minimum absolute atomic E-state index is 0.118. The third-order valence-electron chi connectivity index (χ3n) is 3.78. The molecule has 3 rings (SSSR count). The van der Waals surface area contributed by atoms with E-state index < -0.39 is 0 Å². The Labute approximate surface area is 144 Å². The summed E-state index contributed by atoms with van der Waals surface area (Å²) in [5.41, 5.74) is 1.69. The molecule has 0 spiro atoms. The van der Waals surface area contributed by atoms with Gasteiger partial charge in [0.05, 0.1) is 22.5 Å². The van der Waals surface area contributed by atoms with Gasteiger partial charge in [-0.05, 0) is 42.8 Å².